The molecule has 0 bridgehead atoms. The van der Waals surface area contributed by atoms with E-state index in [1.165, 1.54) is 0 Å². The number of hydrogen-bond acceptors (Lipinski definition) is 5. The van der Waals surface area contributed by atoms with E-state index >= 15 is 0 Å². The van der Waals surface area contributed by atoms with Crippen molar-refractivity contribution in [1.82, 2.24) is 9.97 Å². The van der Waals surface area contributed by atoms with E-state index in [0.29, 0.717) is 6.61 Å². The van der Waals surface area contributed by atoms with E-state index in [-0.39, 0.29) is 5.60 Å². The Morgan fingerprint density at radius 2 is 2.29 bits per heavy atom. The highest BCUT2D eigenvalue weighted by molar-refractivity contribution is 5.37. The first-order chi connectivity index (χ1) is 8.27. The Labute approximate surface area is 101 Å². The molecule has 0 radical (unpaired) electrons. The SMILES string of the molecule is Cc1cncc(N2CCOC3(CCOC3)C2)n1. The number of hydrogen-bond donors (Lipinski definition) is 0. The summed E-state index contributed by atoms with van der Waals surface area (Å²) in [6.45, 7) is 5.92. The summed E-state index contributed by atoms with van der Waals surface area (Å²) < 4.78 is 11.4. The van der Waals surface area contributed by atoms with Gasteiger partial charge in [-0.25, -0.2) is 4.98 Å². The Kier molecular flexibility index (Phi) is 2.72. The maximum Gasteiger partial charge on any atom is 0.147 e. The second-order valence-electron chi connectivity index (χ2n) is 4.77. The van der Waals surface area contributed by atoms with Crippen LogP contribution in [0, 0.1) is 6.92 Å². The van der Waals surface area contributed by atoms with Gasteiger partial charge in [0, 0.05) is 25.8 Å². The summed E-state index contributed by atoms with van der Waals surface area (Å²) in [7, 11) is 0. The predicted molar refractivity (Wildman–Crippen MR) is 63.1 cm³/mol. The molecule has 1 spiro atoms. The largest absolute Gasteiger partial charge is 0.378 e. The molecule has 1 aromatic rings. The molecule has 92 valence electrons. The fraction of sp³-hybridized carbons (Fsp3) is 0.667. The van der Waals surface area contributed by atoms with Crippen molar-refractivity contribution in [1.29, 1.82) is 0 Å². The van der Waals surface area contributed by atoms with Crippen molar-refractivity contribution in [2.75, 3.05) is 37.8 Å². The Bertz CT molecular complexity index is 404. The molecule has 1 aromatic heterocycles. The predicted octanol–water partition coefficient (Wildman–Crippen LogP) is 0.781. The van der Waals surface area contributed by atoms with Crippen molar-refractivity contribution >= 4 is 5.82 Å². The summed E-state index contributed by atoms with van der Waals surface area (Å²) in [6, 6.07) is 0. The third-order valence-electron chi connectivity index (χ3n) is 3.38. The molecule has 3 heterocycles. The van der Waals surface area contributed by atoms with Crippen LogP contribution >= 0.6 is 0 Å². The molecule has 3 rings (SSSR count). The van der Waals surface area contributed by atoms with Crippen molar-refractivity contribution in [2.24, 2.45) is 0 Å². The molecule has 2 fully saturated rings. The lowest BCUT2D eigenvalue weighted by Gasteiger charge is -2.39. The van der Waals surface area contributed by atoms with E-state index in [1.807, 2.05) is 13.1 Å². The van der Waals surface area contributed by atoms with Crippen LogP contribution in [0.3, 0.4) is 0 Å². The molecule has 0 saturated carbocycles. The summed E-state index contributed by atoms with van der Waals surface area (Å²) in [6.07, 6.45) is 4.57. The first kappa shape index (κ1) is 10.9. The van der Waals surface area contributed by atoms with Crippen LogP contribution in [-0.2, 0) is 9.47 Å². The van der Waals surface area contributed by atoms with E-state index in [2.05, 4.69) is 14.9 Å². The average molecular weight is 235 g/mol. The van der Waals surface area contributed by atoms with Gasteiger partial charge in [0.05, 0.1) is 31.6 Å². The third kappa shape index (κ3) is 2.12. The summed E-state index contributed by atoms with van der Waals surface area (Å²) >= 11 is 0. The molecule has 2 saturated heterocycles. The van der Waals surface area contributed by atoms with Crippen LogP contribution < -0.4 is 4.90 Å². The van der Waals surface area contributed by atoms with Crippen molar-refractivity contribution in [3.05, 3.63) is 18.1 Å². The number of aryl methyl sites for hydroxylation is 1. The quantitative estimate of drug-likeness (QED) is 0.720. The highest BCUT2D eigenvalue weighted by Gasteiger charge is 2.40. The van der Waals surface area contributed by atoms with Gasteiger partial charge in [-0.1, -0.05) is 0 Å². The fourth-order valence-electron chi connectivity index (χ4n) is 2.47. The van der Waals surface area contributed by atoms with Gasteiger partial charge in [-0.05, 0) is 6.92 Å². The minimum Gasteiger partial charge on any atom is -0.378 e. The van der Waals surface area contributed by atoms with Gasteiger partial charge in [0.15, 0.2) is 0 Å². The number of morpholine rings is 1. The molecule has 2 aliphatic rings. The molecular weight excluding hydrogens is 218 g/mol. The zero-order chi connectivity index (χ0) is 11.7. The normalized spacial score (nSPS) is 28.9. The van der Waals surface area contributed by atoms with Crippen LogP contribution in [0.1, 0.15) is 12.1 Å². The van der Waals surface area contributed by atoms with Crippen LogP contribution in [0.2, 0.25) is 0 Å². The highest BCUT2D eigenvalue weighted by atomic mass is 16.6. The molecule has 1 unspecified atom stereocenters. The maximum absolute atomic E-state index is 5.89. The minimum atomic E-state index is -0.121. The second kappa shape index (κ2) is 4.23. The number of anilines is 1. The van der Waals surface area contributed by atoms with E-state index in [1.54, 1.807) is 6.20 Å². The first-order valence-corrected chi connectivity index (χ1v) is 6.03. The lowest BCUT2D eigenvalue weighted by Crippen LogP contribution is -2.52. The molecule has 0 N–H and O–H groups in total. The summed E-state index contributed by atoms with van der Waals surface area (Å²) in [5.74, 6) is 0.944. The Morgan fingerprint density at radius 3 is 3.06 bits per heavy atom. The molecule has 0 aromatic carbocycles. The molecule has 0 amide bonds. The van der Waals surface area contributed by atoms with Crippen molar-refractivity contribution in [3.8, 4) is 0 Å². The molecular formula is C12H17N3O2. The molecule has 2 aliphatic heterocycles. The van der Waals surface area contributed by atoms with Gasteiger partial charge in [-0.15, -0.1) is 0 Å². The molecule has 1 atom stereocenters. The van der Waals surface area contributed by atoms with Gasteiger partial charge in [-0.3, -0.25) is 4.98 Å². The third-order valence-corrected chi connectivity index (χ3v) is 3.38. The molecule has 5 heteroatoms. The highest BCUT2D eigenvalue weighted by Crippen LogP contribution is 2.29. The van der Waals surface area contributed by atoms with Gasteiger partial charge < -0.3 is 14.4 Å². The van der Waals surface area contributed by atoms with E-state index < -0.39 is 0 Å². The summed E-state index contributed by atoms with van der Waals surface area (Å²) in [4.78, 5) is 11.0. The molecule has 0 aliphatic carbocycles. The van der Waals surface area contributed by atoms with Gasteiger partial charge in [0.25, 0.3) is 0 Å². The Hall–Kier alpha value is -1.20. The van der Waals surface area contributed by atoms with Crippen molar-refractivity contribution < 1.29 is 9.47 Å². The Balaban J connectivity index is 1.79. The number of ether oxygens (including phenoxy) is 2. The summed E-state index contributed by atoms with van der Waals surface area (Å²) in [5.41, 5.74) is 0.828. The van der Waals surface area contributed by atoms with Gasteiger partial charge >= 0.3 is 0 Å². The van der Waals surface area contributed by atoms with Crippen molar-refractivity contribution in [2.45, 2.75) is 18.9 Å². The lowest BCUT2D eigenvalue weighted by atomic mass is 10.0. The smallest absolute Gasteiger partial charge is 0.147 e. The summed E-state index contributed by atoms with van der Waals surface area (Å²) in [5, 5.41) is 0. The van der Waals surface area contributed by atoms with Crippen LogP contribution in [0.15, 0.2) is 12.4 Å². The Morgan fingerprint density at radius 1 is 1.35 bits per heavy atom. The monoisotopic (exact) mass is 235 g/mol. The fourth-order valence-corrected chi connectivity index (χ4v) is 2.47. The van der Waals surface area contributed by atoms with Gasteiger partial charge in [0.2, 0.25) is 0 Å². The van der Waals surface area contributed by atoms with Crippen LogP contribution in [0.5, 0.6) is 0 Å². The van der Waals surface area contributed by atoms with Crippen LogP contribution in [0.4, 0.5) is 5.82 Å². The van der Waals surface area contributed by atoms with Gasteiger partial charge in [-0.2, -0.15) is 0 Å². The molecule has 5 nitrogen and oxygen atoms in total. The second-order valence-corrected chi connectivity index (χ2v) is 4.77. The number of rotatable bonds is 1. The zero-order valence-electron chi connectivity index (χ0n) is 10.1. The number of aromatic nitrogens is 2. The maximum atomic E-state index is 5.89. The minimum absolute atomic E-state index is 0.121. The average Bonchev–Trinajstić information content (AvgIpc) is 2.77. The number of nitrogens with zero attached hydrogens (tertiary/aromatic N) is 3. The van der Waals surface area contributed by atoms with Crippen molar-refractivity contribution in [3.63, 3.8) is 0 Å². The topological polar surface area (TPSA) is 47.5 Å². The van der Waals surface area contributed by atoms with E-state index in [9.17, 15) is 0 Å². The lowest BCUT2D eigenvalue weighted by molar-refractivity contribution is -0.0581. The van der Waals surface area contributed by atoms with E-state index in [0.717, 1.165) is 44.2 Å². The standard InChI is InChI=1S/C12H17N3O2/c1-10-6-13-7-11(14-10)15-3-5-17-12(8-15)2-4-16-9-12/h6-7H,2-5,8-9H2,1H3. The first-order valence-electron chi connectivity index (χ1n) is 6.03. The van der Waals surface area contributed by atoms with Gasteiger partial charge in [0.1, 0.15) is 11.4 Å². The van der Waals surface area contributed by atoms with E-state index in [4.69, 9.17) is 9.47 Å². The molecule has 17 heavy (non-hydrogen) atoms. The van der Waals surface area contributed by atoms with Crippen LogP contribution in [-0.4, -0.2) is 48.5 Å². The zero-order valence-corrected chi connectivity index (χ0v) is 10.1. The van der Waals surface area contributed by atoms with Crippen LogP contribution in [0.25, 0.3) is 0 Å².